The molecule has 0 atom stereocenters. The van der Waals surface area contributed by atoms with Gasteiger partial charge in [0.05, 0.1) is 6.26 Å². The Hall–Kier alpha value is -1.58. The summed E-state index contributed by atoms with van der Waals surface area (Å²) in [6.45, 7) is 0.111. The Balaban J connectivity index is 2.41. The molecule has 0 saturated heterocycles. The first-order valence-corrected chi connectivity index (χ1v) is 3.09. The van der Waals surface area contributed by atoms with E-state index in [1.807, 2.05) is 0 Å². The van der Waals surface area contributed by atoms with Gasteiger partial charge in [-0.05, 0) is 0 Å². The molecule has 0 aromatic rings. The molecule has 0 radical (unpaired) electrons. The van der Waals surface area contributed by atoms with Crippen LogP contribution in [0.3, 0.4) is 0 Å². The Morgan fingerprint density at radius 2 is 2.36 bits per heavy atom. The van der Waals surface area contributed by atoms with E-state index in [1.54, 1.807) is 0 Å². The van der Waals surface area contributed by atoms with Crippen LogP contribution in [0.4, 0.5) is 0 Å². The van der Waals surface area contributed by atoms with Crippen molar-refractivity contribution in [1.29, 1.82) is 0 Å². The van der Waals surface area contributed by atoms with Gasteiger partial charge in [-0.1, -0.05) is 0 Å². The van der Waals surface area contributed by atoms with Crippen molar-refractivity contribution < 1.29 is 19.3 Å². The van der Waals surface area contributed by atoms with Crippen LogP contribution in [0.5, 0.6) is 0 Å². The number of aliphatic hydroxyl groups is 1. The lowest BCUT2D eigenvalue weighted by Crippen LogP contribution is -2.11. The van der Waals surface area contributed by atoms with Crippen molar-refractivity contribution in [3.63, 3.8) is 0 Å². The summed E-state index contributed by atoms with van der Waals surface area (Å²) >= 11 is 0. The van der Waals surface area contributed by atoms with Crippen LogP contribution in [0.2, 0.25) is 0 Å². The highest BCUT2D eigenvalue weighted by Gasteiger charge is 2.20. The molecule has 1 N–H and O–H groups in total. The zero-order chi connectivity index (χ0) is 7.68. The minimum absolute atomic E-state index is 0.0609. The van der Waals surface area contributed by atoms with E-state index in [1.165, 1.54) is 18.6 Å². The third-order valence-corrected chi connectivity index (χ3v) is 1.34. The van der Waals surface area contributed by atoms with Gasteiger partial charge in [0, 0.05) is 6.08 Å². The molecule has 0 aliphatic carbocycles. The molecule has 0 aromatic carbocycles. The molecule has 2 aliphatic heterocycles. The van der Waals surface area contributed by atoms with Gasteiger partial charge in [-0.3, -0.25) is 0 Å². The second-order valence-corrected chi connectivity index (χ2v) is 2.05. The summed E-state index contributed by atoms with van der Waals surface area (Å²) in [4.78, 5) is 0. The fraction of sp³-hybridized carbons (Fsp3) is 0.143. The Labute approximate surface area is 63.0 Å². The molecule has 0 saturated carbocycles. The molecule has 0 bridgehead atoms. The average Bonchev–Trinajstić information content (AvgIpc) is 2.06. The van der Waals surface area contributed by atoms with Crippen LogP contribution in [0.1, 0.15) is 0 Å². The molecular formula is C7H6O4. The highest BCUT2D eigenvalue weighted by atomic mass is 16.7. The van der Waals surface area contributed by atoms with Gasteiger partial charge in [-0.2, -0.15) is 0 Å². The summed E-state index contributed by atoms with van der Waals surface area (Å²) in [6.07, 6.45) is 4.18. The van der Waals surface area contributed by atoms with Crippen molar-refractivity contribution in [1.82, 2.24) is 0 Å². The van der Waals surface area contributed by atoms with E-state index < -0.39 is 0 Å². The van der Waals surface area contributed by atoms with Gasteiger partial charge in [0.1, 0.15) is 6.26 Å². The van der Waals surface area contributed by atoms with Gasteiger partial charge in [-0.25, -0.2) is 0 Å². The molecule has 0 fully saturated rings. The number of rotatable bonds is 0. The number of allylic oxidation sites excluding steroid dienone is 1. The molecule has 0 spiro atoms. The Kier molecular flexibility index (Phi) is 1.25. The van der Waals surface area contributed by atoms with E-state index in [0.717, 1.165) is 0 Å². The molecule has 0 aromatic heterocycles. The van der Waals surface area contributed by atoms with Crippen LogP contribution >= 0.6 is 0 Å². The first-order valence-electron chi connectivity index (χ1n) is 3.09. The summed E-state index contributed by atoms with van der Waals surface area (Å²) in [5, 5.41) is 9.20. The van der Waals surface area contributed by atoms with Crippen molar-refractivity contribution in [3.8, 4) is 0 Å². The molecule has 4 heteroatoms. The summed E-state index contributed by atoms with van der Waals surface area (Å²) < 4.78 is 14.7. The Morgan fingerprint density at radius 3 is 3.18 bits per heavy atom. The minimum Gasteiger partial charge on any atom is -0.504 e. The lowest BCUT2D eigenvalue weighted by Gasteiger charge is -2.19. The van der Waals surface area contributed by atoms with Gasteiger partial charge in [0.25, 0.3) is 0 Å². The highest BCUT2D eigenvalue weighted by molar-refractivity contribution is 5.31. The van der Waals surface area contributed by atoms with Crippen molar-refractivity contribution in [2.75, 3.05) is 6.79 Å². The normalized spacial score (nSPS) is 20.9. The number of hydrogen-bond donors (Lipinski definition) is 1. The van der Waals surface area contributed by atoms with Crippen LogP contribution in [0, 0.1) is 0 Å². The molecular weight excluding hydrogens is 148 g/mol. The van der Waals surface area contributed by atoms with Crippen LogP contribution in [-0.2, 0) is 14.2 Å². The topological polar surface area (TPSA) is 47.9 Å². The minimum atomic E-state index is 0.0609. The monoisotopic (exact) mass is 154 g/mol. The molecule has 2 aliphatic rings. The van der Waals surface area contributed by atoms with Crippen molar-refractivity contribution in [2.45, 2.75) is 0 Å². The number of hydrogen-bond acceptors (Lipinski definition) is 4. The fourth-order valence-corrected chi connectivity index (χ4v) is 0.856. The molecule has 0 unspecified atom stereocenters. The second-order valence-electron chi connectivity index (χ2n) is 2.05. The molecule has 4 nitrogen and oxygen atoms in total. The largest absolute Gasteiger partial charge is 0.504 e. The van der Waals surface area contributed by atoms with Gasteiger partial charge in [-0.15, -0.1) is 0 Å². The highest BCUT2D eigenvalue weighted by Crippen LogP contribution is 2.24. The van der Waals surface area contributed by atoms with Crippen molar-refractivity contribution >= 4 is 0 Å². The van der Waals surface area contributed by atoms with Crippen molar-refractivity contribution in [3.05, 3.63) is 35.9 Å². The number of aliphatic hydroxyl groups excluding tert-OH is 1. The molecule has 11 heavy (non-hydrogen) atoms. The number of fused-ring (bicyclic) bond motifs is 1. The average molecular weight is 154 g/mol. The molecule has 2 heterocycles. The maximum Gasteiger partial charge on any atom is 0.230 e. The first kappa shape index (κ1) is 6.15. The summed E-state index contributed by atoms with van der Waals surface area (Å²) in [7, 11) is 0. The SMILES string of the molecule is OC1=C2OCOC=C2OC=C1. The maximum absolute atomic E-state index is 9.20. The second kappa shape index (κ2) is 2.23. The van der Waals surface area contributed by atoms with Gasteiger partial charge >= 0.3 is 0 Å². The predicted octanol–water partition coefficient (Wildman–Crippen LogP) is 1.15. The predicted molar refractivity (Wildman–Crippen MR) is 35.0 cm³/mol. The van der Waals surface area contributed by atoms with Gasteiger partial charge in [0.2, 0.25) is 18.3 Å². The van der Waals surface area contributed by atoms with Crippen LogP contribution in [0.25, 0.3) is 0 Å². The Bertz CT molecular complexity index is 262. The van der Waals surface area contributed by atoms with Crippen LogP contribution in [-0.4, -0.2) is 11.9 Å². The smallest absolute Gasteiger partial charge is 0.230 e. The molecule has 58 valence electrons. The zero-order valence-electron chi connectivity index (χ0n) is 5.61. The third-order valence-electron chi connectivity index (χ3n) is 1.34. The fourth-order valence-electron chi connectivity index (χ4n) is 0.856. The quantitative estimate of drug-likeness (QED) is 0.568. The van der Waals surface area contributed by atoms with E-state index in [2.05, 4.69) is 0 Å². The van der Waals surface area contributed by atoms with E-state index in [-0.39, 0.29) is 12.6 Å². The van der Waals surface area contributed by atoms with Gasteiger partial charge in [0.15, 0.2) is 5.76 Å². The summed E-state index contributed by atoms with van der Waals surface area (Å²) in [6, 6.07) is 0. The summed E-state index contributed by atoms with van der Waals surface area (Å²) in [5.74, 6) is 0.792. The molecule has 0 amide bonds. The molecule has 2 rings (SSSR count). The third kappa shape index (κ3) is 0.920. The first-order chi connectivity index (χ1) is 5.38. The van der Waals surface area contributed by atoms with E-state index >= 15 is 0 Å². The van der Waals surface area contributed by atoms with Gasteiger partial charge < -0.3 is 19.3 Å². The van der Waals surface area contributed by atoms with E-state index in [0.29, 0.717) is 11.5 Å². The van der Waals surface area contributed by atoms with E-state index in [4.69, 9.17) is 14.2 Å². The maximum atomic E-state index is 9.20. The standard InChI is InChI=1S/C7H6O4/c8-5-1-2-10-6-3-9-4-11-7(5)6/h1-3,8H,4H2. The van der Waals surface area contributed by atoms with E-state index in [9.17, 15) is 5.11 Å². The zero-order valence-corrected chi connectivity index (χ0v) is 5.61. The lowest BCUT2D eigenvalue weighted by molar-refractivity contribution is -0.00754. The Morgan fingerprint density at radius 1 is 1.45 bits per heavy atom. The van der Waals surface area contributed by atoms with Crippen LogP contribution < -0.4 is 0 Å². The van der Waals surface area contributed by atoms with Crippen LogP contribution in [0.15, 0.2) is 35.9 Å². The lowest BCUT2D eigenvalue weighted by atomic mass is 10.3. The van der Waals surface area contributed by atoms with Crippen molar-refractivity contribution in [2.24, 2.45) is 0 Å². The number of ether oxygens (including phenoxy) is 3. The summed E-state index contributed by atoms with van der Waals surface area (Å²) in [5.41, 5.74) is 0.